The zero-order valence-electron chi connectivity index (χ0n) is 11.9. The molecule has 1 saturated carbocycles. The largest absolute Gasteiger partial charge is 0.327 e. The zero-order chi connectivity index (χ0) is 14.7. The Kier molecular flexibility index (Phi) is 4.36. The lowest BCUT2D eigenvalue weighted by molar-refractivity contribution is -0.121. The van der Waals surface area contributed by atoms with E-state index in [9.17, 15) is 4.79 Å². The molecule has 0 spiro atoms. The van der Waals surface area contributed by atoms with Crippen LogP contribution in [0.15, 0.2) is 41.8 Å². The third-order valence-electron chi connectivity index (χ3n) is 4.13. The number of anilines is 1. The van der Waals surface area contributed by atoms with Crippen molar-refractivity contribution in [2.75, 3.05) is 5.32 Å². The molecular formula is C17H20N2OS. The molecule has 1 fully saturated rings. The summed E-state index contributed by atoms with van der Waals surface area (Å²) in [6.45, 7) is 0. The van der Waals surface area contributed by atoms with Crippen LogP contribution in [0, 0.1) is 5.92 Å². The van der Waals surface area contributed by atoms with Crippen LogP contribution in [0.25, 0.3) is 10.4 Å². The highest BCUT2D eigenvalue weighted by Gasteiger charge is 2.28. The molecule has 2 atom stereocenters. The average molecular weight is 300 g/mol. The lowest BCUT2D eigenvalue weighted by atomic mass is 9.84. The summed E-state index contributed by atoms with van der Waals surface area (Å²) in [5.74, 6) is 0.00125. The summed E-state index contributed by atoms with van der Waals surface area (Å²) in [5, 5.41) is 5.13. The van der Waals surface area contributed by atoms with Gasteiger partial charge in [0.05, 0.1) is 5.92 Å². The van der Waals surface area contributed by atoms with E-state index in [1.807, 2.05) is 35.7 Å². The Balaban J connectivity index is 1.80. The number of carbonyl (C=O) groups excluding carboxylic acids is 1. The molecule has 4 heteroatoms. The second-order valence-electron chi connectivity index (χ2n) is 5.57. The number of thiophene rings is 1. The summed E-state index contributed by atoms with van der Waals surface area (Å²) in [7, 11) is 0. The van der Waals surface area contributed by atoms with Crippen molar-refractivity contribution >= 4 is 22.9 Å². The van der Waals surface area contributed by atoms with Gasteiger partial charge in [0.1, 0.15) is 0 Å². The van der Waals surface area contributed by atoms with Crippen LogP contribution < -0.4 is 11.1 Å². The molecular weight excluding hydrogens is 280 g/mol. The maximum absolute atomic E-state index is 12.5. The Morgan fingerprint density at radius 1 is 1.14 bits per heavy atom. The highest BCUT2D eigenvalue weighted by Crippen LogP contribution is 2.32. The van der Waals surface area contributed by atoms with E-state index >= 15 is 0 Å². The minimum atomic E-state index is -0.0601. The van der Waals surface area contributed by atoms with Gasteiger partial charge in [-0.3, -0.25) is 4.79 Å². The molecule has 110 valence electrons. The molecule has 3 rings (SSSR count). The zero-order valence-corrected chi connectivity index (χ0v) is 12.7. The lowest BCUT2D eigenvalue weighted by Gasteiger charge is -2.27. The van der Waals surface area contributed by atoms with E-state index in [1.54, 1.807) is 11.3 Å². The second-order valence-corrected chi connectivity index (χ2v) is 6.51. The van der Waals surface area contributed by atoms with E-state index in [0.717, 1.165) is 36.9 Å². The molecule has 21 heavy (non-hydrogen) atoms. The Morgan fingerprint density at radius 2 is 1.95 bits per heavy atom. The molecule has 2 unspecified atom stereocenters. The molecule has 1 aromatic carbocycles. The highest BCUT2D eigenvalue weighted by molar-refractivity contribution is 7.13. The summed E-state index contributed by atoms with van der Waals surface area (Å²) in [6.07, 6.45) is 4.08. The molecule has 2 aromatic rings. The minimum absolute atomic E-state index is 0.00681. The third kappa shape index (κ3) is 3.17. The quantitative estimate of drug-likeness (QED) is 0.904. The molecule has 0 saturated heterocycles. The van der Waals surface area contributed by atoms with E-state index in [0.29, 0.717) is 0 Å². The first kappa shape index (κ1) is 14.3. The van der Waals surface area contributed by atoms with Gasteiger partial charge in [0.2, 0.25) is 5.91 Å². The van der Waals surface area contributed by atoms with Crippen molar-refractivity contribution in [3.63, 3.8) is 0 Å². The number of para-hydroxylation sites is 1. The van der Waals surface area contributed by atoms with Gasteiger partial charge in [0, 0.05) is 22.2 Å². The first-order valence-electron chi connectivity index (χ1n) is 7.45. The normalized spacial score (nSPS) is 22.0. The van der Waals surface area contributed by atoms with Crippen molar-refractivity contribution in [3.05, 3.63) is 41.8 Å². The molecule has 1 heterocycles. The molecule has 3 nitrogen and oxygen atoms in total. The predicted octanol–water partition coefficient (Wildman–Crippen LogP) is 3.87. The number of benzene rings is 1. The third-order valence-corrected chi connectivity index (χ3v) is 5.03. The van der Waals surface area contributed by atoms with Crippen LogP contribution in [0.2, 0.25) is 0 Å². The van der Waals surface area contributed by atoms with Gasteiger partial charge in [-0.2, -0.15) is 0 Å². The standard InChI is InChI=1S/C17H20N2OS/c18-14-8-3-1-6-12(14)17(20)19-15-9-4-2-7-13(15)16-10-5-11-21-16/h2,4-5,7,9-12,14H,1,3,6,8,18H2,(H,19,20). The molecule has 1 amide bonds. The van der Waals surface area contributed by atoms with E-state index in [4.69, 9.17) is 5.73 Å². The summed E-state index contributed by atoms with van der Waals surface area (Å²) >= 11 is 1.68. The maximum atomic E-state index is 12.5. The van der Waals surface area contributed by atoms with Gasteiger partial charge in [-0.05, 0) is 30.4 Å². The van der Waals surface area contributed by atoms with E-state index in [2.05, 4.69) is 11.4 Å². The maximum Gasteiger partial charge on any atom is 0.229 e. The fraction of sp³-hybridized carbons (Fsp3) is 0.353. The van der Waals surface area contributed by atoms with Crippen LogP contribution >= 0.6 is 11.3 Å². The summed E-state index contributed by atoms with van der Waals surface area (Å²) < 4.78 is 0. The van der Waals surface area contributed by atoms with Gasteiger partial charge < -0.3 is 11.1 Å². The molecule has 1 aliphatic rings. The molecule has 3 N–H and O–H groups in total. The van der Waals surface area contributed by atoms with Crippen molar-refractivity contribution in [2.24, 2.45) is 11.7 Å². The number of rotatable bonds is 3. The Labute approximate surface area is 129 Å². The van der Waals surface area contributed by atoms with Gasteiger partial charge in [0.15, 0.2) is 0 Å². The van der Waals surface area contributed by atoms with E-state index < -0.39 is 0 Å². The van der Waals surface area contributed by atoms with Crippen molar-refractivity contribution in [1.82, 2.24) is 0 Å². The smallest absolute Gasteiger partial charge is 0.229 e. The SMILES string of the molecule is NC1CCCCC1C(=O)Nc1ccccc1-c1cccs1. The number of nitrogens with two attached hydrogens (primary N) is 1. The molecule has 0 bridgehead atoms. The molecule has 0 radical (unpaired) electrons. The first-order chi connectivity index (χ1) is 10.3. The van der Waals surface area contributed by atoms with Crippen LogP contribution in [-0.4, -0.2) is 11.9 Å². The van der Waals surface area contributed by atoms with Gasteiger partial charge in [0.25, 0.3) is 0 Å². The number of hydrogen-bond acceptors (Lipinski definition) is 3. The van der Waals surface area contributed by atoms with E-state index in [-0.39, 0.29) is 17.9 Å². The molecule has 0 aliphatic heterocycles. The summed E-state index contributed by atoms with van der Waals surface area (Å²) in [4.78, 5) is 13.7. The number of carbonyl (C=O) groups is 1. The lowest BCUT2D eigenvalue weighted by Crippen LogP contribution is -2.40. The predicted molar refractivity (Wildman–Crippen MR) is 88.3 cm³/mol. The van der Waals surface area contributed by atoms with E-state index in [1.165, 1.54) is 4.88 Å². The molecule has 1 aliphatic carbocycles. The fourth-order valence-corrected chi connectivity index (χ4v) is 3.72. The fourth-order valence-electron chi connectivity index (χ4n) is 2.95. The first-order valence-corrected chi connectivity index (χ1v) is 8.33. The number of amides is 1. The summed E-state index contributed by atoms with van der Waals surface area (Å²) in [6, 6.07) is 12.0. The van der Waals surface area contributed by atoms with Crippen LogP contribution in [0.5, 0.6) is 0 Å². The Morgan fingerprint density at radius 3 is 2.71 bits per heavy atom. The number of hydrogen-bond donors (Lipinski definition) is 2. The van der Waals surface area contributed by atoms with Crippen molar-refractivity contribution < 1.29 is 4.79 Å². The number of nitrogens with one attached hydrogen (secondary N) is 1. The Bertz CT molecular complexity index is 609. The van der Waals surface area contributed by atoms with Crippen molar-refractivity contribution in [3.8, 4) is 10.4 Å². The topological polar surface area (TPSA) is 55.1 Å². The average Bonchev–Trinajstić information content (AvgIpc) is 3.02. The van der Waals surface area contributed by atoms with Crippen LogP contribution in [0.3, 0.4) is 0 Å². The molecule has 1 aromatic heterocycles. The highest BCUT2D eigenvalue weighted by atomic mass is 32.1. The van der Waals surface area contributed by atoms with Gasteiger partial charge in [-0.1, -0.05) is 37.1 Å². The minimum Gasteiger partial charge on any atom is -0.327 e. The Hall–Kier alpha value is -1.65. The summed E-state index contributed by atoms with van der Waals surface area (Å²) in [5.41, 5.74) is 8.06. The van der Waals surface area contributed by atoms with Crippen molar-refractivity contribution in [2.45, 2.75) is 31.7 Å². The van der Waals surface area contributed by atoms with Crippen LogP contribution in [0.1, 0.15) is 25.7 Å². The second kappa shape index (κ2) is 6.41. The van der Waals surface area contributed by atoms with Crippen LogP contribution in [-0.2, 0) is 4.79 Å². The van der Waals surface area contributed by atoms with Gasteiger partial charge >= 0.3 is 0 Å². The van der Waals surface area contributed by atoms with Gasteiger partial charge in [-0.25, -0.2) is 0 Å². The van der Waals surface area contributed by atoms with Gasteiger partial charge in [-0.15, -0.1) is 11.3 Å². The monoisotopic (exact) mass is 300 g/mol. The van der Waals surface area contributed by atoms with Crippen LogP contribution in [0.4, 0.5) is 5.69 Å². The van der Waals surface area contributed by atoms with Crippen molar-refractivity contribution in [1.29, 1.82) is 0 Å².